The summed E-state index contributed by atoms with van der Waals surface area (Å²) in [4.78, 5) is 22.7. The number of aromatic carboxylic acids is 1. The van der Waals surface area contributed by atoms with Gasteiger partial charge < -0.3 is 19.8 Å². The number of carboxylic acids is 1. The number of aromatic hydroxyl groups is 1. The number of aryl methyl sites for hydroxylation is 1. The first-order valence-electron chi connectivity index (χ1n) is 11.0. The smallest absolute Gasteiger partial charge is 0.338 e. The number of thioether (sulfide) groups is 1. The van der Waals surface area contributed by atoms with Crippen molar-refractivity contribution in [1.82, 2.24) is 19.4 Å². The number of hydrogen-bond donors (Lipinski definition) is 3. The van der Waals surface area contributed by atoms with Crippen LogP contribution in [0, 0.1) is 0 Å². The van der Waals surface area contributed by atoms with E-state index in [4.69, 9.17) is 0 Å². The minimum Gasteiger partial charge on any atom is -0.506 e. The number of para-hydroxylation sites is 2. The van der Waals surface area contributed by atoms with E-state index < -0.39 is 5.97 Å². The normalized spacial score (nSPS) is 15.0. The lowest BCUT2D eigenvalue weighted by Crippen LogP contribution is -2.29. The highest BCUT2D eigenvalue weighted by molar-refractivity contribution is 9.10. The summed E-state index contributed by atoms with van der Waals surface area (Å²) < 4.78 is 2.51. The molecule has 2 aromatic carbocycles. The Hall–Kier alpha value is -2.49. The van der Waals surface area contributed by atoms with Crippen molar-refractivity contribution in [2.45, 2.75) is 36.7 Å². The Bertz CT molecular complexity index is 1320. The molecular weight excluding hydrogens is 504 g/mol. The fraction of sp³-hybridized carbons (Fsp3) is 0.333. The van der Waals surface area contributed by atoms with E-state index in [0.717, 1.165) is 47.6 Å². The van der Waals surface area contributed by atoms with Gasteiger partial charge in [0, 0.05) is 36.0 Å². The van der Waals surface area contributed by atoms with Gasteiger partial charge in [0.15, 0.2) is 5.16 Å². The fourth-order valence-electron chi connectivity index (χ4n) is 4.71. The van der Waals surface area contributed by atoms with Crippen LogP contribution < -0.4 is 0 Å². The molecule has 5 rings (SSSR count). The summed E-state index contributed by atoms with van der Waals surface area (Å²) in [6, 6.07) is 9.63. The number of benzene rings is 2. The van der Waals surface area contributed by atoms with Crippen LogP contribution in [0.15, 0.2) is 40.0 Å². The number of rotatable bonds is 6. The Labute approximate surface area is 203 Å². The highest BCUT2D eigenvalue weighted by atomic mass is 79.9. The summed E-state index contributed by atoms with van der Waals surface area (Å²) >= 11 is 4.96. The van der Waals surface area contributed by atoms with E-state index in [9.17, 15) is 15.0 Å². The average molecular weight is 529 g/mol. The van der Waals surface area contributed by atoms with Gasteiger partial charge in [0.25, 0.3) is 0 Å². The second-order valence-corrected chi connectivity index (χ2v) is 10.3. The van der Waals surface area contributed by atoms with Crippen LogP contribution in [-0.4, -0.2) is 48.7 Å². The number of piperidine rings is 1. The molecule has 1 aliphatic rings. The SMILES string of the molecule is Cn1c(CSc2nc3ccccc3[nH]2)c(C(=O)O)c2c(CN3CCCCC3)c(O)c(Br)cc21. The van der Waals surface area contributed by atoms with Crippen molar-refractivity contribution in [3.63, 3.8) is 0 Å². The number of hydrogen-bond acceptors (Lipinski definition) is 5. The van der Waals surface area contributed by atoms with Gasteiger partial charge in [0.05, 0.1) is 26.6 Å². The lowest BCUT2D eigenvalue weighted by Gasteiger charge is -2.27. The molecule has 0 radical (unpaired) electrons. The van der Waals surface area contributed by atoms with Crippen molar-refractivity contribution in [1.29, 1.82) is 0 Å². The van der Waals surface area contributed by atoms with Crippen LogP contribution >= 0.6 is 27.7 Å². The van der Waals surface area contributed by atoms with Crippen molar-refractivity contribution in [3.05, 3.63) is 51.6 Å². The van der Waals surface area contributed by atoms with Crippen LogP contribution in [0.3, 0.4) is 0 Å². The van der Waals surface area contributed by atoms with E-state index >= 15 is 0 Å². The van der Waals surface area contributed by atoms with Gasteiger partial charge in [-0.3, -0.25) is 4.90 Å². The van der Waals surface area contributed by atoms with Crippen LogP contribution in [0.2, 0.25) is 0 Å². The quantitative estimate of drug-likeness (QED) is 0.286. The van der Waals surface area contributed by atoms with Gasteiger partial charge in [-0.15, -0.1) is 0 Å². The number of phenols is 1. The predicted molar refractivity (Wildman–Crippen MR) is 134 cm³/mol. The van der Waals surface area contributed by atoms with E-state index in [-0.39, 0.29) is 11.3 Å². The number of phenolic OH excluding ortho intramolecular Hbond substituents is 1. The Kier molecular flexibility index (Phi) is 6.11. The predicted octanol–water partition coefficient (Wildman–Crippen LogP) is 5.50. The van der Waals surface area contributed by atoms with Crippen LogP contribution in [0.5, 0.6) is 5.75 Å². The van der Waals surface area contributed by atoms with Crippen LogP contribution in [-0.2, 0) is 19.3 Å². The summed E-state index contributed by atoms with van der Waals surface area (Å²) in [7, 11) is 1.89. The number of nitrogens with zero attached hydrogens (tertiary/aromatic N) is 3. The molecule has 1 saturated heterocycles. The van der Waals surface area contributed by atoms with Gasteiger partial charge in [-0.1, -0.05) is 30.3 Å². The number of fused-ring (bicyclic) bond motifs is 2. The zero-order valence-electron chi connectivity index (χ0n) is 18.3. The molecule has 33 heavy (non-hydrogen) atoms. The topological polar surface area (TPSA) is 94.4 Å². The molecule has 3 heterocycles. The Morgan fingerprint density at radius 2 is 2.00 bits per heavy atom. The van der Waals surface area contributed by atoms with Gasteiger partial charge >= 0.3 is 5.97 Å². The van der Waals surface area contributed by atoms with Crippen LogP contribution in [0.4, 0.5) is 0 Å². The van der Waals surface area contributed by atoms with E-state index in [1.54, 1.807) is 0 Å². The first-order valence-corrected chi connectivity index (χ1v) is 12.8. The average Bonchev–Trinajstić information content (AvgIpc) is 3.34. The van der Waals surface area contributed by atoms with Gasteiger partial charge in [0.1, 0.15) is 5.75 Å². The molecule has 172 valence electrons. The highest BCUT2D eigenvalue weighted by Crippen LogP contribution is 2.41. The molecule has 1 aliphatic heterocycles. The van der Waals surface area contributed by atoms with Crippen molar-refractivity contribution >= 4 is 55.6 Å². The molecule has 2 aromatic heterocycles. The Morgan fingerprint density at radius 1 is 1.24 bits per heavy atom. The highest BCUT2D eigenvalue weighted by Gasteiger charge is 2.27. The van der Waals surface area contributed by atoms with Crippen LogP contribution in [0.25, 0.3) is 21.9 Å². The van der Waals surface area contributed by atoms with E-state index in [1.165, 1.54) is 18.2 Å². The number of halogens is 1. The number of nitrogens with one attached hydrogen (secondary N) is 1. The van der Waals surface area contributed by atoms with Crippen molar-refractivity contribution in [2.75, 3.05) is 13.1 Å². The second kappa shape index (κ2) is 9.04. The molecule has 0 bridgehead atoms. The summed E-state index contributed by atoms with van der Waals surface area (Å²) in [5.74, 6) is -0.422. The largest absolute Gasteiger partial charge is 0.506 e. The Balaban J connectivity index is 1.58. The number of carboxylic acid groups (broad SMARTS) is 1. The van der Waals surface area contributed by atoms with Gasteiger partial charge in [0.2, 0.25) is 0 Å². The number of likely N-dealkylation sites (tertiary alicyclic amines) is 1. The molecule has 9 heteroatoms. The maximum Gasteiger partial charge on any atom is 0.338 e. The monoisotopic (exact) mass is 528 g/mol. The number of carbonyl (C=O) groups is 1. The van der Waals surface area contributed by atoms with Crippen molar-refractivity contribution in [3.8, 4) is 5.75 Å². The number of imidazole rings is 1. The minimum atomic E-state index is -0.984. The van der Waals surface area contributed by atoms with E-state index in [2.05, 4.69) is 30.8 Å². The molecular formula is C24H25BrN4O3S. The standard InChI is InChI=1S/C24H25BrN4O3S/c1-28-18-11-15(25)22(30)14(12-29-9-5-2-6-10-29)20(18)21(23(31)32)19(28)13-33-24-26-16-7-3-4-8-17(16)27-24/h3-4,7-8,11,30H,2,5-6,9-10,12-13H2,1H3,(H,26,27)(H,31,32). The molecule has 3 N–H and O–H groups in total. The molecule has 4 aromatic rings. The number of aromatic nitrogens is 3. The molecule has 0 saturated carbocycles. The molecule has 0 unspecified atom stereocenters. The maximum absolute atomic E-state index is 12.5. The van der Waals surface area contributed by atoms with Gasteiger partial charge in [-0.2, -0.15) is 0 Å². The lowest BCUT2D eigenvalue weighted by molar-refractivity contribution is 0.0697. The summed E-state index contributed by atoms with van der Waals surface area (Å²) in [5, 5.41) is 22.5. The number of aromatic amines is 1. The molecule has 0 amide bonds. The van der Waals surface area contributed by atoms with Crippen molar-refractivity contribution < 1.29 is 15.0 Å². The zero-order chi connectivity index (χ0) is 23.1. The molecule has 0 atom stereocenters. The van der Waals surface area contributed by atoms with Gasteiger partial charge in [-0.25, -0.2) is 9.78 Å². The number of H-pyrrole nitrogens is 1. The molecule has 0 aliphatic carbocycles. The third-order valence-corrected chi connectivity index (χ3v) is 7.88. The summed E-state index contributed by atoms with van der Waals surface area (Å²) in [5.41, 5.74) is 4.26. The van der Waals surface area contributed by atoms with Crippen LogP contribution in [0.1, 0.15) is 40.9 Å². The van der Waals surface area contributed by atoms with Gasteiger partial charge in [-0.05, 0) is 60.1 Å². The Morgan fingerprint density at radius 3 is 2.73 bits per heavy atom. The molecule has 0 spiro atoms. The van der Waals surface area contributed by atoms with Crippen molar-refractivity contribution in [2.24, 2.45) is 7.05 Å². The van der Waals surface area contributed by atoms with E-state index in [1.807, 2.05) is 41.9 Å². The maximum atomic E-state index is 12.5. The minimum absolute atomic E-state index is 0.123. The first kappa shape index (κ1) is 22.3. The molecule has 7 nitrogen and oxygen atoms in total. The first-order chi connectivity index (χ1) is 15.9. The second-order valence-electron chi connectivity index (χ2n) is 8.45. The fourth-order valence-corrected chi connectivity index (χ4v) is 6.12. The zero-order valence-corrected chi connectivity index (χ0v) is 20.7. The summed E-state index contributed by atoms with van der Waals surface area (Å²) in [6.45, 7) is 2.44. The third-order valence-electron chi connectivity index (χ3n) is 6.40. The third kappa shape index (κ3) is 4.13. The summed E-state index contributed by atoms with van der Waals surface area (Å²) in [6.07, 6.45) is 3.46. The lowest BCUT2D eigenvalue weighted by atomic mass is 10.0. The molecule has 1 fully saturated rings. The van der Waals surface area contributed by atoms with E-state index in [0.29, 0.717) is 33.4 Å².